The van der Waals surface area contributed by atoms with E-state index in [1.165, 1.54) is 30.4 Å². The summed E-state index contributed by atoms with van der Waals surface area (Å²) in [5, 5.41) is 0.0534. The highest BCUT2D eigenvalue weighted by Gasteiger charge is 2.30. The van der Waals surface area contributed by atoms with Crippen LogP contribution in [0.5, 0.6) is 0 Å². The van der Waals surface area contributed by atoms with Crippen molar-refractivity contribution >= 4 is 10.2 Å². The van der Waals surface area contributed by atoms with Crippen molar-refractivity contribution < 1.29 is 4.74 Å². The van der Waals surface area contributed by atoms with Crippen LogP contribution < -0.4 is 0 Å². The van der Waals surface area contributed by atoms with Crippen LogP contribution in [0.15, 0.2) is 36.9 Å². The molecule has 0 spiro atoms. The third kappa shape index (κ3) is 2.28. The second-order valence-electron chi connectivity index (χ2n) is 4.69. The maximum Gasteiger partial charge on any atom is 0.0725 e. The number of allylic oxidation sites excluding steroid dienone is 1. The number of benzene rings is 1. The SMILES string of the molecule is C=CCc1ccccc1C1([SiH3])CCCCO1. The van der Waals surface area contributed by atoms with E-state index in [-0.39, 0.29) is 5.22 Å². The molecule has 0 amide bonds. The van der Waals surface area contributed by atoms with E-state index in [9.17, 15) is 0 Å². The molecule has 1 aromatic carbocycles. The first kappa shape index (κ1) is 11.6. The van der Waals surface area contributed by atoms with Gasteiger partial charge in [0, 0.05) is 16.8 Å². The van der Waals surface area contributed by atoms with E-state index in [2.05, 4.69) is 30.8 Å². The van der Waals surface area contributed by atoms with Crippen LogP contribution in [0.3, 0.4) is 0 Å². The van der Waals surface area contributed by atoms with Gasteiger partial charge in [0.05, 0.1) is 5.22 Å². The summed E-state index contributed by atoms with van der Waals surface area (Å²) in [5.41, 5.74) is 2.79. The quantitative estimate of drug-likeness (QED) is 0.573. The Morgan fingerprint density at radius 1 is 1.38 bits per heavy atom. The topological polar surface area (TPSA) is 9.23 Å². The molecule has 0 aromatic heterocycles. The third-order valence-electron chi connectivity index (χ3n) is 3.42. The second-order valence-corrected chi connectivity index (χ2v) is 6.30. The first-order valence-corrected chi connectivity index (χ1v) is 7.09. The fourth-order valence-electron chi connectivity index (χ4n) is 2.52. The highest BCUT2D eigenvalue weighted by atomic mass is 28.1. The summed E-state index contributed by atoms with van der Waals surface area (Å²) in [7, 11) is 1.07. The maximum atomic E-state index is 6.07. The Kier molecular flexibility index (Phi) is 3.61. The summed E-state index contributed by atoms with van der Waals surface area (Å²) >= 11 is 0. The first-order valence-electron chi connectivity index (χ1n) is 6.09. The number of ether oxygens (including phenoxy) is 1. The lowest BCUT2D eigenvalue weighted by Crippen LogP contribution is -2.34. The summed E-state index contributed by atoms with van der Waals surface area (Å²) in [6, 6.07) is 8.67. The van der Waals surface area contributed by atoms with Gasteiger partial charge < -0.3 is 4.74 Å². The minimum atomic E-state index is 0.0534. The molecule has 0 aliphatic carbocycles. The molecule has 1 fully saturated rings. The molecule has 1 aliphatic heterocycles. The lowest BCUT2D eigenvalue weighted by atomic mass is 9.94. The molecule has 0 radical (unpaired) electrons. The fraction of sp³-hybridized carbons (Fsp3) is 0.429. The van der Waals surface area contributed by atoms with Gasteiger partial charge in [-0.1, -0.05) is 30.3 Å². The van der Waals surface area contributed by atoms with Crippen molar-refractivity contribution in [3.05, 3.63) is 48.0 Å². The van der Waals surface area contributed by atoms with Crippen LogP contribution in [0.4, 0.5) is 0 Å². The van der Waals surface area contributed by atoms with Crippen molar-refractivity contribution in [1.82, 2.24) is 0 Å². The number of hydrogen-bond acceptors (Lipinski definition) is 1. The Bertz CT molecular complexity index is 367. The van der Waals surface area contributed by atoms with E-state index in [0.717, 1.165) is 23.3 Å². The lowest BCUT2D eigenvalue weighted by molar-refractivity contribution is -0.0214. The molecule has 2 heteroatoms. The maximum absolute atomic E-state index is 6.07. The van der Waals surface area contributed by atoms with Gasteiger partial charge in [-0.3, -0.25) is 0 Å². The van der Waals surface area contributed by atoms with Gasteiger partial charge in [-0.05, 0) is 36.8 Å². The molecule has 1 heterocycles. The van der Waals surface area contributed by atoms with Crippen LogP contribution in [0, 0.1) is 0 Å². The zero-order valence-electron chi connectivity index (χ0n) is 10.0. The van der Waals surface area contributed by atoms with Crippen molar-refractivity contribution in [1.29, 1.82) is 0 Å². The molecule has 1 nitrogen and oxygen atoms in total. The average molecular weight is 232 g/mol. The van der Waals surface area contributed by atoms with Crippen LogP contribution in [-0.4, -0.2) is 16.8 Å². The Labute approximate surface area is 101 Å². The Morgan fingerprint density at radius 2 is 2.19 bits per heavy atom. The van der Waals surface area contributed by atoms with Crippen LogP contribution in [0.25, 0.3) is 0 Å². The van der Waals surface area contributed by atoms with Crippen molar-refractivity contribution in [2.75, 3.05) is 6.61 Å². The van der Waals surface area contributed by atoms with E-state index in [0.29, 0.717) is 0 Å². The van der Waals surface area contributed by atoms with Gasteiger partial charge in [-0.25, -0.2) is 0 Å². The van der Waals surface area contributed by atoms with Gasteiger partial charge in [0.25, 0.3) is 0 Å². The smallest absolute Gasteiger partial charge is 0.0725 e. The monoisotopic (exact) mass is 232 g/mol. The molecule has 16 heavy (non-hydrogen) atoms. The highest BCUT2D eigenvalue weighted by molar-refractivity contribution is 6.15. The van der Waals surface area contributed by atoms with Crippen molar-refractivity contribution in [2.24, 2.45) is 0 Å². The van der Waals surface area contributed by atoms with Crippen LogP contribution in [0.1, 0.15) is 30.4 Å². The van der Waals surface area contributed by atoms with Crippen LogP contribution >= 0.6 is 0 Å². The predicted molar refractivity (Wildman–Crippen MR) is 71.8 cm³/mol. The third-order valence-corrected chi connectivity index (χ3v) is 4.75. The molecule has 1 saturated heterocycles. The molecule has 1 aromatic rings. The molecular weight excluding hydrogens is 212 g/mol. The van der Waals surface area contributed by atoms with Crippen molar-refractivity contribution in [3.63, 3.8) is 0 Å². The summed E-state index contributed by atoms with van der Waals surface area (Å²) in [6.45, 7) is 4.76. The molecule has 1 aliphatic rings. The van der Waals surface area contributed by atoms with Gasteiger partial charge in [-0.15, -0.1) is 6.58 Å². The fourth-order valence-corrected chi connectivity index (χ4v) is 3.56. The Balaban J connectivity index is 2.33. The van der Waals surface area contributed by atoms with Crippen LogP contribution in [0.2, 0.25) is 0 Å². The van der Waals surface area contributed by atoms with E-state index in [1.54, 1.807) is 0 Å². The van der Waals surface area contributed by atoms with Gasteiger partial charge >= 0.3 is 0 Å². The van der Waals surface area contributed by atoms with Gasteiger partial charge in [-0.2, -0.15) is 0 Å². The Hall–Kier alpha value is -0.863. The minimum Gasteiger partial charge on any atom is -0.375 e. The summed E-state index contributed by atoms with van der Waals surface area (Å²) < 4.78 is 6.07. The van der Waals surface area contributed by atoms with E-state index in [1.807, 2.05) is 6.08 Å². The van der Waals surface area contributed by atoms with Crippen LogP contribution in [-0.2, 0) is 16.4 Å². The number of rotatable bonds is 3. The van der Waals surface area contributed by atoms with E-state index in [4.69, 9.17) is 4.74 Å². The van der Waals surface area contributed by atoms with Crippen molar-refractivity contribution in [3.8, 4) is 0 Å². The zero-order valence-corrected chi connectivity index (χ0v) is 12.0. The summed E-state index contributed by atoms with van der Waals surface area (Å²) in [5.74, 6) is 0. The van der Waals surface area contributed by atoms with Gasteiger partial charge in [0.15, 0.2) is 0 Å². The van der Waals surface area contributed by atoms with Gasteiger partial charge in [0.2, 0.25) is 0 Å². The van der Waals surface area contributed by atoms with Crippen molar-refractivity contribution in [2.45, 2.75) is 30.9 Å². The molecule has 2 rings (SSSR count). The molecule has 0 bridgehead atoms. The largest absolute Gasteiger partial charge is 0.375 e. The summed E-state index contributed by atoms with van der Waals surface area (Å²) in [6.07, 6.45) is 6.63. The summed E-state index contributed by atoms with van der Waals surface area (Å²) in [4.78, 5) is 0. The normalized spacial score (nSPS) is 25.5. The predicted octanol–water partition coefficient (Wildman–Crippen LogP) is 2.13. The zero-order chi connectivity index (χ0) is 11.4. The second kappa shape index (κ2) is 4.98. The first-order chi connectivity index (χ1) is 7.76. The highest BCUT2D eigenvalue weighted by Crippen LogP contribution is 2.34. The lowest BCUT2D eigenvalue weighted by Gasteiger charge is -2.36. The van der Waals surface area contributed by atoms with E-state index >= 15 is 0 Å². The molecule has 1 unspecified atom stereocenters. The molecule has 0 N–H and O–H groups in total. The molecule has 0 saturated carbocycles. The average Bonchev–Trinajstić information content (AvgIpc) is 2.31. The number of hydrogen-bond donors (Lipinski definition) is 0. The van der Waals surface area contributed by atoms with E-state index < -0.39 is 0 Å². The standard InChI is InChI=1S/C14H20OSi/c1-2-7-12-8-3-4-9-13(12)14(16)10-5-6-11-15-14/h2-4,8-9H,1,5-7,10-11H2,16H3. The molecule has 86 valence electrons. The molecular formula is C14H20OSi. The molecule has 1 atom stereocenters. The Morgan fingerprint density at radius 3 is 2.88 bits per heavy atom. The van der Waals surface area contributed by atoms with Gasteiger partial charge in [0.1, 0.15) is 0 Å². The minimum absolute atomic E-state index is 0.0534.